The summed E-state index contributed by atoms with van der Waals surface area (Å²) in [7, 11) is 0. The van der Waals surface area contributed by atoms with E-state index in [0.29, 0.717) is 31.2 Å². The van der Waals surface area contributed by atoms with Crippen LogP contribution in [0.2, 0.25) is 0 Å². The molecule has 31 heavy (non-hydrogen) atoms. The normalized spacial score (nSPS) is 14.0. The van der Waals surface area contributed by atoms with Crippen LogP contribution in [0.15, 0.2) is 60.9 Å². The van der Waals surface area contributed by atoms with Crippen LogP contribution in [0.1, 0.15) is 41.3 Å². The van der Waals surface area contributed by atoms with E-state index in [2.05, 4.69) is 58.3 Å². The lowest BCUT2D eigenvalue weighted by Crippen LogP contribution is -2.36. The predicted molar refractivity (Wildman–Crippen MR) is 122 cm³/mol. The number of nitrogens with one attached hydrogen (secondary N) is 1. The summed E-state index contributed by atoms with van der Waals surface area (Å²) in [5.41, 5.74) is 4.81. The maximum Gasteiger partial charge on any atom is 0.251 e. The molecule has 6 nitrogen and oxygen atoms in total. The average Bonchev–Trinajstić information content (AvgIpc) is 2.83. The lowest BCUT2D eigenvalue weighted by Gasteiger charge is -2.27. The lowest BCUT2D eigenvalue weighted by molar-refractivity contribution is 0.0951. The van der Waals surface area contributed by atoms with Crippen molar-refractivity contribution in [2.75, 3.05) is 31.2 Å². The van der Waals surface area contributed by atoms with E-state index in [4.69, 9.17) is 4.74 Å². The number of ether oxygens (including phenoxy) is 1. The Hall–Kier alpha value is -3.25. The van der Waals surface area contributed by atoms with Gasteiger partial charge in [-0.25, -0.2) is 9.97 Å². The van der Waals surface area contributed by atoms with E-state index in [1.54, 1.807) is 6.33 Å². The molecule has 160 valence electrons. The predicted octanol–water partition coefficient (Wildman–Crippen LogP) is 4.03. The van der Waals surface area contributed by atoms with Crippen molar-refractivity contribution < 1.29 is 9.53 Å². The van der Waals surface area contributed by atoms with Crippen molar-refractivity contribution in [3.8, 4) is 11.3 Å². The molecule has 0 bridgehead atoms. The second kappa shape index (κ2) is 9.71. The molecule has 0 saturated carbocycles. The third-order valence-electron chi connectivity index (χ3n) is 5.53. The topological polar surface area (TPSA) is 67.4 Å². The molecule has 1 aliphatic heterocycles. The lowest BCUT2D eigenvalue weighted by atomic mass is 10.0. The quantitative estimate of drug-likeness (QED) is 0.657. The number of carbonyl (C=O) groups is 1. The second-order valence-electron chi connectivity index (χ2n) is 8.02. The van der Waals surface area contributed by atoms with Gasteiger partial charge in [0.1, 0.15) is 12.1 Å². The highest BCUT2D eigenvalue weighted by atomic mass is 16.5. The maximum atomic E-state index is 12.5. The molecule has 1 saturated heterocycles. The Kier molecular flexibility index (Phi) is 6.57. The Bertz CT molecular complexity index is 1010. The third kappa shape index (κ3) is 5.27. The number of nitrogens with zero attached hydrogens (tertiary/aromatic N) is 3. The van der Waals surface area contributed by atoms with E-state index in [1.165, 1.54) is 5.56 Å². The van der Waals surface area contributed by atoms with Crippen LogP contribution in [0.25, 0.3) is 11.3 Å². The zero-order valence-corrected chi connectivity index (χ0v) is 18.0. The Balaban J connectivity index is 1.39. The number of hydrogen-bond donors (Lipinski definition) is 1. The van der Waals surface area contributed by atoms with Gasteiger partial charge < -0.3 is 15.0 Å². The minimum atomic E-state index is -0.0869. The number of aromatic nitrogens is 2. The van der Waals surface area contributed by atoms with Crippen molar-refractivity contribution in [2.45, 2.75) is 26.3 Å². The zero-order valence-electron chi connectivity index (χ0n) is 18.0. The van der Waals surface area contributed by atoms with Gasteiger partial charge in [0, 0.05) is 36.8 Å². The van der Waals surface area contributed by atoms with Crippen LogP contribution < -0.4 is 10.2 Å². The fourth-order valence-corrected chi connectivity index (χ4v) is 3.57. The average molecular weight is 417 g/mol. The van der Waals surface area contributed by atoms with Crippen molar-refractivity contribution >= 4 is 11.7 Å². The molecule has 1 fully saturated rings. The molecule has 0 radical (unpaired) electrons. The Morgan fingerprint density at radius 1 is 1.03 bits per heavy atom. The van der Waals surface area contributed by atoms with Gasteiger partial charge in [0.25, 0.3) is 5.91 Å². The van der Waals surface area contributed by atoms with Gasteiger partial charge in [-0.3, -0.25) is 4.79 Å². The van der Waals surface area contributed by atoms with E-state index in [0.717, 1.165) is 35.7 Å². The van der Waals surface area contributed by atoms with Gasteiger partial charge in [-0.2, -0.15) is 0 Å². The molecule has 0 aliphatic carbocycles. The van der Waals surface area contributed by atoms with Gasteiger partial charge in [-0.05, 0) is 29.2 Å². The highest BCUT2D eigenvalue weighted by Crippen LogP contribution is 2.22. The smallest absolute Gasteiger partial charge is 0.251 e. The fourth-order valence-electron chi connectivity index (χ4n) is 3.57. The number of morpholine rings is 1. The van der Waals surface area contributed by atoms with Crippen molar-refractivity contribution in [1.29, 1.82) is 0 Å². The molecule has 1 aromatic heterocycles. The van der Waals surface area contributed by atoms with Gasteiger partial charge in [0.15, 0.2) is 0 Å². The Morgan fingerprint density at radius 2 is 1.74 bits per heavy atom. The largest absolute Gasteiger partial charge is 0.378 e. The summed E-state index contributed by atoms with van der Waals surface area (Å²) in [5.74, 6) is 1.32. The maximum absolute atomic E-state index is 12.5. The summed E-state index contributed by atoms with van der Waals surface area (Å²) in [6.45, 7) is 7.94. The molecule has 1 amide bonds. The number of hydrogen-bond acceptors (Lipinski definition) is 5. The van der Waals surface area contributed by atoms with Gasteiger partial charge in [0.05, 0.1) is 18.9 Å². The van der Waals surface area contributed by atoms with E-state index in [9.17, 15) is 4.79 Å². The van der Waals surface area contributed by atoms with E-state index < -0.39 is 0 Å². The summed E-state index contributed by atoms with van der Waals surface area (Å²) in [6, 6.07) is 17.9. The SMILES string of the molecule is CC(C)c1ccc(CNC(=O)c2ccc(-c3cc(N4CCOCC4)ncn3)cc2)cc1. The number of carbonyl (C=O) groups excluding carboxylic acids is 1. The summed E-state index contributed by atoms with van der Waals surface area (Å²) in [4.78, 5) is 23.5. The first kappa shape index (κ1) is 21.0. The molecule has 2 heterocycles. The zero-order chi connectivity index (χ0) is 21.6. The van der Waals surface area contributed by atoms with E-state index >= 15 is 0 Å². The monoisotopic (exact) mass is 416 g/mol. The van der Waals surface area contributed by atoms with E-state index in [1.807, 2.05) is 30.3 Å². The van der Waals surface area contributed by atoms with Crippen LogP contribution >= 0.6 is 0 Å². The van der Waals surface area contributed by atoms with Crippen LogP contribution in [-0.2, 0) is 11.3 Å². The molecular weight excluding hydrogens is 388 g/mol. The van der Waals surface area contributed by atoms with Gasteiger partial charge >= 0.3 is 0 Å². The van der Waals surface area contributed by atoms with Crippen LogP contribution in [0.4, 0.5) is 5.82 Å². The van der Waals surface area contributed by atoms with Gasteiger partial charge in [-0.1, -0.05) is 50.2 Å². The second-order valence-corrected chi connectivity index (χ2v) is 8.02. The fraction of sp³-hybridized carbons (Fsp3) is 0.320. The molecule has 0 spiro atoms. The van der Waals surface area contributed by atoms with Crippen molar-refractivity contribution in [3.05, 3.63) is 77.6 Å². The number of anilines is 1. The summed E-state index contributed by atoms with van der Waals surface area (Å²) >= 11 is 0. The molecule has 1 N–H and O–H groups in total. The van der Waals surface area contributed by atoms with Crippen LogP contribution in [0, 0.1) is 0 Å². The standard InChI is InChI=1S/C25H28N4O2/c1-18(2)20-5-3-19(4-6-20)16-26-25(30)22-9-7-21(8-10-22)23-15-24(28-17-27-23)29-11-13-31-14-12-29/h3-10,15,17-18H,11-14,16H2,1-2H3,(H,26,30). The van der Waals surface area contributed by atoms with Crippen molar-refractivity contribution in [1.82, 2.24) is 15.3 Å². The molecule has 6 heteroatoms. The first-order chi connectivity index (χ1) is 15.1. The molecule has 0 atom stereocenters. The number of amides is 1. The first-order valence-corrected chi connectivity index (χ1v) is 10.7. The third-order valence-corrected chi connectivity index (χ3v) is 5.53. The summed E-state index contributed by atoms with van der Waals surface area (Å²) < 4.78 is 5.41. The Morgan fingerprint density at radius 3 is 2.42 bits per heavy atom. The van der Waals surface area contributed by atoms with Gasteiger partial charge in [0.2, 0.25) is 0 Å². The minimum absolute atomic E-state index is 0.0869. The van der Waals surface area contributed by atoms with Crippen molar-refractivity contribution in [2.24, 2.45) is 0 Å². The Labute approximate surface area is 183 Å². The summed E-state index contributed by atoms with van der Waals surface area (Å²) in [6.07, 6.45) is 1.59. The molecule has 4 rings (SSSR count). The minimum Gasteiger partial charge on any atom is -0.378 e. The van der Waals surface area contributed by atoms with Crippen LogP contribution in [0.5, 0.6) is 0 Å². The first-order valence-electron chi connectivity index (χ1n) is 10.7. The molecule has 3 aromatic rings. The van der Waals surface area contributed by atoms with Gasteiger partial charge in [-0.15, -0.1) is 0 Å². The van der Waals surface area contributed by atoms with Crippen molar-refractivity contribution in [3.63, 3.8) is 0 Å². The number of rotatable bonds is 6. The van der Waals surface area contributed by atoms with Crippen LogP contribution in [-0.4, -0.2) is 42.2 Å². The molecule has 2 aromatic carbocycles. The molecule has 1 aliphatic rings. The molecule has 0 unspecified atom stereocenters. The highest BCUT2D eigenvalue weighted by molar-refractivity contribution is 5.94. The summed E-state index contributed by atoms with van der Waals surface area (Å²) in [5, 5.41) is 2.99. The van der Waals surface area contributed by atoms with E-state index in [-0.39, 0.29) is 5.91 Å². The highest BCUT2D eigenvalue weighted by Gasteiger charge is 2.14. The number of benzene rings is 2. The molecular formula is C25H28N4O2. The van der Waals surface area contributed by atoms with Crippen LogP contribution in [0.3, 0.4) is 0 Å².